The van der Waals surface area contributed by atoms with Gasteiger partial charge in [-0.25, -0.2) is 4.98 Å². The average molecular weight is 667 g/mol. The van der Waals surface area contributed by atoms with E-state index in [1.807, 2.05) is 4.52 Å². The molecule has 1 aliphatic rings. The van der Waals surface area contributed by atoms with Gasteiger partial charge in [-0.05, 0) is 92.0 Å². The number of para-hydroxylation sites is 1. The highest BCUT2D eigenvalue weighted by Crippen LogP contribution is 2.49. The highest BCUT2D eigenvalue weighted by Gasteiger charge is 2.35. The van der Waals surface area contributed by atoms with E-state index in [-0.39, 0.29) is 5.41 Å². The van der Waals surface area contributed by atoms with Crippen molar-refractivity contribution in [2.45, 2.75) is 19.3 Å². The fourth-order valence-electron chi connectivity index (χ4n) is 7.98. The van der Waals surface area contributed by atoms with Crippen molar-refractivity contribution in [1.29, 1.82) is 0 Å². The minimum atomic E-state index is -0.0998. The standard InChI is InChI=1S/C48H34N4/c1-48(2)42-22-11-9-20-39(42)40-25-24-34(30-43(40)48)45-41-21-10-12-23-44(41)52-47(49-45)50-46(51-52)35-19-13-18-33(26-35)38-28-36(31-14-5-3-6-15-31)27-37(29-38)32-16-7-4-8-17-32/h3-30H,1-2H3. The zero-order valence-electron chi connectivity index (χ0n) is 29.0. The molecule has 0 bridgehead atoms. The summed E-state index contributed by atoms with van der Waals surface area (Å²) in [6.07, 6.45) is 0. The van der Waals surface area contributed by atoms with Gasteiger partial charge in [0.25, 0.3) is 5.78 Å². The Kier molecular flexibility index (Phi) is 6.80. The Morgan fingerprint density at radius 1 is 0.423 bits per heavy atom. The number of hydrogen-bond acceptors (Lipinski definition) is 3. The highest BCUT2D eigenvalue weighted by atomic mass is 15.3. The topological polar surface area (TPSA) is 43.1 Å². The second-order valence-corrected chi connectivity index (χ2v) is 14.2. The molecular formula is C48H34N4. The van der Waals surface area contributed by atoms with Gasteiger partial charge in [0, 0.05) is 21.9 Å². The maximum atomic E-state index is 5.20. The molecule has 0 unspecified atom stereocenters. The molecular weight excluding hydrogens is 633 g/mol. The zero-order chi connectivity index (χ0) is 34.8. The van der Waals surface area contributed by atoms with Gasteiger partial charge in [-0.2, -0.15) is 9.50 Å². The van der Waals surface area contributed by atoms with Gasteiger partial charge < -0.3 is 0 Å². The Labute approximate surface area is 302 Å². The second-order valence-electron chi connectivity index (χ2n) is 14.2. The first-order chi connectivity index (χ1) is 25.5. The molecule has 0 amide bonds. The van der Waals surface area contributed by atoms with E-state index in [0.717, 1.165) is 38.9 Å². The van der Waals surface area contributed by atoms with Crippen LogP contribution in [0.25, 0.3) is 83.8 Å². The lowest BCUT2D eigenvalue weighted by Gasteiger charge is -2.22. The number of rotatable bonds is 5. The summed E-state index contributed by atoms with van der Waals surface area (Å²) in [6, 6.07) is 60.4. The molecule has 10 rings (SSSR count). The molecule has 7 aromatic carbocycles. The maximum Gasteiger partial charge on any atom is 0.253 e. The normalized spacial score (nSPS) is 13.0. The molecule has 2 aromatic heterocycles. The van der Waals surface area contributed by atoms with E-state index < -0.39 is 0 Å². The Morgan fingerprint density at radius 2 is 1.00 bits per heavy atom. The minimum Gasteiger partial charge on any atom is -0.210 e. The Bertz CT molecular complexity index is 2760. The van der Waals surface area contributed by atoms with Gasteiger partial charge in [0.05, 0.1) is 11.2 Å². The summed E-state index contributed by atoms with van der Waals surface area (Å²) in [4.78, 5) is 10.3. The fraction of sp³-hybridized carbons (Fsp3) is 0.0625. The van der Waals surface area contributed by atoms with Crippen LogP contribution >= 0.6 is 0 Å². The lowest BCUT2D eigenvalue weighted by atomic mass is 9.82. The predicted octanol–water partition coefficient (Wildman–Crippen LogP) is 11.9. The zero-order valence-corrected chi connectivity index (χ0v) is 29.0. The minimum absolute atomic E-state index is 0.0998. The van der Waals surface area contributed by atoms with Crippen LogP contribution in [0.5, 0.6) is 0 Å². The summed E-state index contributed by atoms with van der Waals surface area (Å²) in [5.41, 5.74) is 16.1. The van der Waals surface area contributed by atoms with Crippen molar-refractivity contribution in [1.82, 2.24) is 19.6 Å². The number of hydrogen-bond donors (Lipinski definition) is 0. The lowest BCUT2D eigenvalue weighted by molar-refractivity contribution is 0.660. The van der Waals surface area contributed by atoms with E-state index in [9.17, 15) is 0 Å². The van der Waals surface area contributed by atoms with Gasteiger partial charge in [-0.3, -0.25) is 0 Å². The average Bonchev–Trinajstić information content (AvgIpc) is 3.75. The van der Waals surface area contributed by atoms with Crippen LogP contribution in [-0.2, 0) is 5.41 Å². The monoisotopic (exact) mass is 666 g/mol. The van der Waals surface area contributed by atoms with E-state index in [4.69, 9.17) is 15.1 Å². The summed E-state index contributed by atoms with van der Waals surface area (Å²) >= 11 is 0. The maximum absolute atomic E-state index is 5.20. The highest BCUT2D eigenvalue weighted by molar-refractivity contribution is 5.95. The van der Waals surface area contributed by atoms with E-state index in [1.54, 1.807) is 0 Å². The van der Waals surface area contributed by atoms with Crippen molar-refractivity contribution in [3.8, 4) is 67.2 Å². The molecule has 9 aromatic rings. The quantitative estimate of drug-likeness (QED) is 0.184. The summed E-state index contributed by atoms with van der Waals surface area (Å²) in [5.74, 6) is 1.22. The molecule has 1 aliphatic carbocycles. The van der Waals surface area contributed by atoms with Crippen LogP contribution in [0.2, 0.25) is 0 Å². The molecule has 2 heterocycles. The van der Waals surface area contributed by atoms with Crippen LogP contribution in [0, 0.1) is 0 Å². The molecule has 0 atom stereocenters. The first kappa shape index (κ1) is 30.2. The molecule has 4 heteroatoms. The van der Waals surface area contributed by atoms with Crippen molar-refractivity contribution in [2.75, 3.05) is 0 Å². The molecule has 0 spiro atoms. The first-order valence-corrected chi connectivity index (χ1v) is 17.8. The third-order valence-corrected chi connectivity index (χ3v) is 10.6. The van der Waals surface area contributed by atoms with E-state index in [0.29, 0.717) is 11.6 Å². The molecule has 0 saturated carbocycles. The summed E-state index contributed by atoms with van der Waals surface area (Å²) in [5, 5.41) is 6.10. The van der Waals surface area contributed by atoms with E-state index >= 15 is 0 Å². The molecule has 0 radical (unpaired) electrons. The van der Waals surface area contributed by atoms with Crippen LogP contribution < -0.4 is 0 Å². The summed E-state index contributed by atoms with van der Waals surface area (Å²) in [7, 11) is 0. The van der Waals surface area contributed by atoms with Crippen molar-refractivity contribution >= 4 is 16.7 Å². The predicted molar refractivity (Wildman–Crippen MR) is 213 cm³/mol. The molecule has 0 saturated heterocycles. The smallest absolute Gasteiger partial charge is 0.210 e. The van der Waals surface area contributed by atoms with Crippen LogP contribution in [0.4, 0.5) is 0 Å². The van der Waals surface area contributed by atoms with Gasteiger partial charge in [0.15, 0.2) is 5.82 Å². The van der Waals surface area contributed by atoms with Crippen molar-refractivity contribution < 1.29 is 0 Å². The number of fused-ring (bicyclic) bond motifs is 6. The Morgan fingerprint density at radius 3 is 1.75 bits per heavy atom. The second kappa shape index (κ2) is 11.7. The van der Waals surface area contributed by atoms with Gasteiger partial charge in [-0.1, -0.05) is 147 Å². The third kappa shape index (κ3) is 4.87. The largest absolute Gasteiger partial charge is 0.253 e. The molecule has 0 N–H and O–H groups in total. The number of aromatic nitrogens is 4. The van der Waals surface area contributed by atoms with Gasteiger partial charge in [0.2, 0.25) is 0 Å². The molecule has 52 heavy (non-hydrogen) atoms. The van der Waals surface area contributed by atoms with Crippen LogP contribution in [0.1, 0.15) is 25.0 Å². The van der Waals surface area contributed by atoms with Crippen molar-refractivity contribution in [3.05, 3.63) is 181 Å². The van der Waals surface area contributed by atoms with Crippen molar-refractivity contribution in [2.24, 2.45) is 0 Å². The van der Waals surface area contributed by atoms with E-state index in [2.05, 4.69) is 184 Å². The summed E-state index contributed by atoms with van der Waals surface area (Å²) < 4.78 is 1.89. The molecule has 4 nitrogen and oxygen atoms in total. The fourth-order valence-corrected chi connectivity index (χ4v) is 7.98. The van der Waals surface area contributed by atoms with Crippen LogP contribution in [0.3, 0.4) is 0 Å². The molecule has 246 valence electrons. The third-order valence-electron chi connectivity index (χ3n) is 10.6. The van der Waals surface area contributed by atoms with Crippen LogP contribution in [0.15, 0.2) is 170 Å². The van der Waals surface area contributed by atoms with Gasteiger partial charge in [-0.15, -0.1) is 5.10 Å². The number of nitrogens with zero attached hydrogens (tertiary/aromatic N) is 4. The van der Waals surface area contributed by atoms with Crippen molar-refractivity contribution in [3.63, 3.8) is 0 Å². The van der Waals surface area contributed by atoms with Crippen LogP contribution in [-0.4, -0.2) is 19.6 Å². The molecule has 0 aliphatic heterocycles. The Balaban J connectivity index is 1.09. The van der Waals surface area contributed by atoms with Gasteiger partial charge in [0.1, 0.15) is 0 Å². The van der Waals surface area contributed by atoms with E-state index in [1.165, 1.54) is 44.5 Å². The first-order valence-electron chi connectivity index (χ1n) is 17.8. The number of benzene rings is 7. The summed E-state index contributed by atoms with van der Waals surface area (Å²) in [6.45, 7) is 4.63. The lowest BCUT2D eigenvalue weighted by Crippen LogP contribution is -2.15. The Hall–Kier alpha value is -6.65. The molecule has 0 fully saturated rings. The van der Waals surface area contributed by atoms with Gasteiger partial charge >= 0.3 is 0 Å². The SMILES string of the molecule is CC1(C)c2ccccc2-c2ccc(-c3nc4nc(-c5cccc(-c6cc(-c7ccccc7)cc(-c7ccccc7)c6)c5)nn4c4ccccc34)cc21.